The molecule has 84 valence electrons. The third kappa shape index (κ3) is 2.83. The molecule has 1 aromatic heterocycles. The molecule has 0 spiro atoms. The fourth-order valence-corrected chi connectivity index (χ4v) is 2.28. The Morgan fingerprint density at radius 2 is 2.00 bits per heavy atom. The molecular weight excluding hydrogens is 216 g/mol. The number of benzene rings is 1. The summed E-state index contributed by atoms with van der Waals surface area (Å²) < 4.78 is 0. The van der Waals surface area contributed by atoms with E-state index in [4.69, 9.17) is 0 Å². The van der Waals surface area contributed by atoms with Crippen LogP contribution >= 0.6 is 11.3 Å². The second-order valence-corrected chi connectivity index (χ2v) is 4.93. The van der Waals surface area contributed by atoms with Crippen molar-refractivity contribution in [2.45, 2.75) is 26.3 Å². The van der Waals surface area contributed by atoms with Crippen molar-refractivity contribution < 1.29 is 0 Å². The van der Waals surface area contributed by atoms with Crippen LogP contribution in [0, 0.1) is 0 Å². The fraction of sp³-hybridized carbons (Fsp3) is 0.308. The highest BCUT2D eigenvalue weighted by Gasteiger charge is 2.04. The minimum Gasteiger partial charge on any atom is -0.357 e. The van der Waals surface area contributed by atoms with Crippen molar-refractivity contribution in [2.75, 3.05) is 5.32 Å². The van der Waals surface area contributed by atoms with Gasteiger partial charge in [0, 0.05) is 11.9 Å². The predicted octanol–water partition coefficient (Wildman–Crippen LogP) is 3.88. The summed E-state index contributed by atoms with van der Waals surface area (Å²) in [5.41, 5.74) is 2.45. The zero-order chi connectivity index (χ0) is 11.4. The summed E-state index contributed by atoms with van der Waals surface area (Å²) >= 11 is 1.67. The van der Waals surface area contributed by atoms with Crippen molar-refractivity contribution in [2.24, 2.45) is 0 Å². The molecule has 0 fully saturated rings. The zero-order valence-corrected chi connectivity index (χ0v) is 10.4. The van der Waals surface area contributed by atoms with E-state index < -0.39 is 0 Å². The van der Waals surface area contributed by atoms with Crippen LogP contribution in [0.25, 0.3) is 0 Å². The van der Waals surface area contributed by atoms with Gasteiger partial charge in [0.15, 0.2) is 5.13 Å². The van der Waals surface area contributed by atoms with Gasteiger partial charge < -0.3 is 5.32 Å². The maximum Gasteiger partial charge on any atom is 0.183 e. The van der Waals surface area contributed by atoms with Gasteiger partial charge in [-0.2, -0.15) is 0 Å². The lowest BCUT2D eigenvalue weighted by atomic mass is 10.2. The van der Waals surface area contributed by atoms with Crippen LogP contribution in [-0.2, 0) is 6.54 Å². The van der Waals surface area contributed by atoms with Crippen molar-refractivity contribution in [1.82, 2.24) is 4.98 Å². The highest BCUT2D eigenvalue weighted by molar-refractivity contribution is 7.13. The Morgan fingerprint density at radius 3 is 2.62 bits per heavy atom. The Balaban J connectivity index is 1.95. The normalized spacial score (nSPS) is 10.7. The Morgan fingerprint density at radius 1 is 1.25 bits per heavy atom. The number of thiazole rings is 1. The van der Waals surface area contributed by atoms with Crippen molar-refractivity contribution in [1.29, 1.82) is 0 Å². The lowest BCUT2D eigenvalue weighted by Crippen LogP contribution is -1.99. The Bertz CT molecular complexity index is 434. The molecule has 0 aliphatic carbocycles. The van der Waals surface area contributed by atoms with Crippen LogP contribution in [-0.4, -0.2) is 4.98 Å². The summed E-state index contributed by atoms with van der Waals surface area (Å²) in [4.78, 5) is 4.53. The lowest BCUT2D eigenvalue weighted by molar-refractivity contribution is 0.833. The number of rotatable bonds is 4. The summed E-state index contributed by atoms with van der Waals surface area (Å²) in [5.74, 6) is 0.503. The molecule has 1 aromatic carbocycles. The molecule has 2 aromatic rings. The van der Waals surface area contributed by atoms with Gasteiger partial charge in [-0.3, -0.25) is 0 Å². The highest BCUT2D eigenvalue weighted by Crippen LogP contribution is 2.21. The molecule has 0 unspecified atom stereocenters. The van der Waals surface area contributed by atoms with Gasteiger partial charge in [0.1, 0.15) is 0 Å². The van der Waals surface area contributed by atoms with E-state index in [1.54, 1.807) is 11.3 Å². The van der Waals surface area contributed by atoms with Gasteiger partial charge in [0.05, 0.1) is 5.69 Å². The standard InChI is InChI=1S/C13H16N2S/c1-10(2)12-9-16-13(15-12)14-8-11-6-4-3-5-7-11/h3-7,9-10H,8H2,1-2H3,(H,14,15). The number of anilines is 1. The lowest BCUT2D eigenvalue weighted by Gasteiger charge is -2.02. The van der Waals surface area contributed by atoms with E-state index in [-0.39, 0.29) is 0 Å². The van der Waals surface area contributed by atoms with Crippen molar-refractivity contribution >= 4 is 16.5 Å². The number of hydrogen-bond donors (Lipinski definition) is 1. The molecular formula is C13H16N2S. The molecule has 0 aliphatic rings. The number of nitrogens with zero attached hydrogens (tertiary/aromatic N) is 1. The number of aromatic nitrogens is 1. The SMILES string of the molecule is CC(C)c1csc(NCc2ccccc2)n1. The van der Waals surface area contributed by atoms with Gasteiger partial charge in [-0.05, 0) is 11.5 Å². The summed E-state index contributed by atoms with van der Waals surface area (Å²) in [6, 6.07) is 10.4. The third-order valence-corrected chi connectivity index (χ3v) is 3.22. The molecule has 2 rings (SSSR count). The van der Waals surface area contributed by atoms with Crippen molar-refractivity contribution in [3.05, 3.63) is 47.0 Å². The van der Waals surface area contributed by atoms with Gasteiger partial charge in [-0.1, -0.05) is 44.2 Å². The Kier molecular flexibility index (Phi) is 3.57. The first-order valence-electron chi connectivity index (χ1n) is 5.49. The average molecular weight is 232 g/mol. The quantitative estimate of drug-likeness (QED) is 0.865. The van der Waals surface area contributed by atoms with Gasteiger partial charge >= 0.3 is 0 Å². The van der Waals surface area contributed by atoms with E-state index >= 15 is 0 Å². The highest BCUT2D eigenvalue weighted by atomic mass is 32.1. The van der Waals surface area contributed by atoms with E-state index in [0.717, 1.165) is 11.7 Å². The van der Waals surface area contributed by atoms with Gasteiger partial charge in [-0.25, -0.2) is 4.98 Å². The maximum atomic E-state index is 4.53. The monoisotopic (exact) mass is 232 g/mol. The smallest absolute Gasteiger partial charge is 0.183 e. The molecule has 0 saturated carbocycles. The molecule has 3 heteroatoms. The van der Waals surface area contributed by atoms with Gasteiger partial charge in [-0.15, -0.1) is 11.3 Å². The van der Waals surface area contributed by atoms with Crippen molar-refractivity contribution in [3.63, 3.8) is 0 Å². The predicted molar refractivity (Wildman–Crippen MR) is 70.0 cm³/mol. The minimum absolute atomic E-state index is 0.503. The molecule has 0 bridgehead atoms. The fourth-order valence-electron chi connectivity index (χ4n) is 1.41. The molecule has 0 aliphatic heterocycles. The first-order chi connectivity index (χ1) is 7.75. The Labute approximate surface area is 100 Å². The van der Waals surface area contributed by atoms with Crippen LogP contribution < -0.4 is 5.32 Å². The molecule has 16 heavy (non-hydrogen) atoms. The zero-order valence-electron chi connectivity index (χ0n) is 9.60. The molecule has 1 heterocycles. The summed E-state index contributed by atoms with van der Waals surface area (Å²) in [5, 5.41) is 6.47. The second-order valence-electron chi connectivity index (χ2n) is 4.07. The van der Waals surface area contributed by atoms with E-state index in [0.29, 0.717) is 5.92 Å². The van der Waals surface area contributed by atoms with E-state index in [9.17, 15) is 0 Å². The average Bonchev–Trinajstić information content (AvgIpc) is 2.76. The van der Waals surface area contributed by atoms with Crippen LogP contribution in [0.2, 0.25) is 0 Å². The molecule has 0 amide bonds. The van der Waals surface area contributed by atoms with Crippen LogP contribution in [0.5, 0.6) is 0 Å². The first kappa shape index (κ1) is 11.1. The number of hydrogen-bond acceptors (Lipinski definition) is 3. The van der Waals surface area contributed by atoms with E-state index in [1.165, 1.54) is 11.3 Å². The van der Waals surface area contributed by atoms with Crippen LogP contribution in [0.4, 0.5) is 5.13 Å². The molecule has 0 saturated heterocycles. The maximum absolute atomic E-state index is 4.53. The minimum atomic E-state index is 0.503. The summed E-state index contributed by atoms with van der Waals surface area (Å²) in [6.07, 6.45) is 0. The molecule has 0 radical (unpaired) electrons. The largest absolute Gasteiger partial charge is 0.357 e. The Hall–Kier alpha value is -1.35. The second kappa shape index (κ2) is 5.12. The van der Waals surface area contributed by atoms with E-state index in [1.807, 2.05) is 6.07 Å². The molecule has 1 N–H and O–H groups in total. The summed E-state index contributed by atoms with van der Waals surface area (Å²) in [7, 11) is 0. The topological polar surface area (TPSA) is 24.9 Å². The third-order valence-electron chi connectivity index (χ3n) is 2.40. The van der Waals surface area contributed by atoms with Gasteiger partial charge in [0.2, 0.25) is 0 Å². The van der Waals surface area contributed by atoms with Crippen LogP contribution in [0.15, 0.2) is 35.7 Å². The summed E-state index contributed by atoms with van der Waals surface area (Å²) in [6.45, 7) is 5.16. The molecule has 0 atom stereocenters. The van der Waals surface area contributed by atoms with E-state index in [2.05, 4.69) is 53.8 Å². The van der Waals surface area contributed by atoms with Crippen molar-refractivity contribution in [3.8, 4) is 0 Å². The molecule has 2 nitrogen and oxygen atoms in total. The number of nitrogens with one attached hydrogen (secondary N) is 1. The van der Waals surface area contributed by atoms with Crippen LogP contribution in [0.1, 0.15) is 31.0 Å². The van der Waals surface area contributed by atoms with Crippen LogP contribution in [0.3, 0.4) is 0 Å². The van der Waals surface area contributed by atoms with Gasteiger partial charge in [0.25, 0.3) is 0 Å². The first-order valence-corrected chi connectivity index (χ1v) is 6.37.